The molecule has 0 radical (unpaired) electrons. The number of aliphatic hydroxyl groups is 1. The van der Waals surface area contributed by atoms with Crippen molar-refractivity contribution in [3.8, 4) is 0 Å². The minimum atomic E-state index is -1.31. The van der Waals surface area contributed by atoms with Gasteiger partial charge in [-0.25, -0.2) is 4.98 Å². The largest absolute Gasteiger partial charge is 0.390 e. The Hall–Kier alpha value is -0.173. The van der Waals surface area contributed by atoms with Gasteiger partial charge in [0.25, 0.3) is 0 Å². The summed E-state index contributed by atoms with van der Waals surface area (Å²) in [5, 5.41) is 9.53. The number of rotatable bonds is 7. The Morgan fingerprint density at radius 3 is 2.35 bits per heavy atom. The van der Waals surface area contributed by atoms with Crippen LogP contribution < -0.4 is 0 Å². The van der Waals surface area contributed by atoms with Gasteiger partial charge in [0.1, 0.15) is 17.2 Å². The van der Waals surface area contributed by atoms with Crippen molar-refractivity contribution in [1.82, 2.24) is 9.55 Å². The maximum atomic E-state index is 9.53. The molecule has 20 heavy (non-hydrogen) atoms. The fourth-order valence-corrected chi connectivity index (χ4v) is 2.88. The lowest BCUT2D eigenvalue weighted by atomic mass is 10.1. The van der Waals surface area contributed by atoms with Crippen molar-refractivity contribution < 1.29 is 9.84 Å². The summed E-state index contributed by atoms with van der Waals surface area (Å²) in [6.07, 6.45) is 0.878. The molecule has 0 amide bonds. The Kier molecular flexibility index (Phi) is 6.44. The molecule has 0 spiro atoms. The van der Waals surface area contributed by atoms with Gasteiger partial charge in [-0.1, -0.05) is 33.5 Å². The summed E-state index contributed by atoms with van der Waals surface area (Å²) in [6.45, 7) is 13.8. The number of imidazole rings is 1. The molecule has 0 aliphatic carbocycles. The Balaban J connectivity index is 2.91. The van der Waals surface area contributed by atoms with Gasteiger partial charge in [-0.3, -0.25) is 0 Å². The van der Waals surface area contributed by atoms with Gasteiger partial charge in [-0.15, -0.1) is 0 Å². The van der Waals surface area contributed by atoms with E-state index in [4.69, 9.17) is 4.74 Å². The third kappa shape index (κ3) is 4.68. The summed E-state index contributed by atoms with van der Waals surface area (Å²) in [5.74, 6) is 1.49. The van der Waals surface area contributed by atoms with E-state index in [1.54, 1.807) is 0 Å². The molecule has 1 aromatic rings. The molecular formula is C14H27BrN2O2Si. The first-order valence-corrected chi connectivity index (χ1v) is 11.5. The Labute approximate surface area is 131 Å². The van der Waals surface area contributed by atoms with E-state index in [1.165, 1.54) is 0 Å². The number of aromatic nitrogens is 2. The smallest absolute Gasteiger partial charge is 0.130 e. The second-order valence-corrected chi connectivity index (χ2v) is 13.0. The second-order valence-electron chi connectivity index (χ2n) is 6.75. The molecule has 0 bridgehead atoms. The Morgan fingerprint density at radius 1 is 1.30 bits per heavy atom. The number of hydrogen-bond acceptors (Lipinski definition) is 3. The first-order chi connectivity index (χ1) is 9.16. The summed E-state index contributed by atoms with van der Waals surface area (Å²) < 4.78 is 8.75. The number of hydrogen-bond donors (Lipinski definition) is 1. The van der Waals surface area contributed by atoms with Crippen molar-refractivity contribution in [1.29, 1.82) is 0 Å². The number of halogens is 1. The summed E-state index contributed by atoms with van der Waals surface area (Å²) in [6, 6.07) is 0. The molecule has 0 aliphatic rings. The summed E-state index contributed by atoms with van der Waals surface area (Å²) in [4.78, 5) is 4.51. The van der Waals surface area contributed by atoms with E-state index in [9.17, 15) is 5.11 Å². The lowest BCUT2D eigenvalue weighted by Gasteiger charge is -2.26. The van der Waals surface area contributed by atoms with Crippen LogP contribution in [0, 0.1) is 5.92 Å². The van der Waals surface area contributed by atoms with Crippen LogP contribution in [0.3, 0.4) is 0 Å². The molecule has 116 valence electrons. The topological polar surface area (TPSA) is 47.3 Å². The van der Waals surface area contributed by atoms with Gasteiger partial charge < -0.3 is 14.4 Å². The normalized spacial score (nSPS) is 14.1. The maximum Gasteiger partial charge on any atom is 0.130 e. The van der Waals surface area contributed by atoms with Gasteiger partial charge in [-0.2, -0.15) is 0 Å². The van der Waals surface area contributed by atoms with Gasteiger partial charge in [0.15, 0.2) is 0 Å². The second kappa shape index (κ2) is 7.20. The highest BCUT2D eigenvalue weighted by atomic mass is 79.9. The SMILES string of the molecule is CC(C)Cc1nc(Br)c(CO)n1COC(C)[Si](C)(C)C. The van der Waals surface area contributed by atoms with Crippen LogP contribution in [-0.4, -0.2) is 28.5 Å². The zero-order chi connectivity index (χ0) is 15.5. The van der Waals surface area contributed by atoms with Gasteiger partial charge >= 0.3 is 0 Å². The lowest BCUT2D eigenvalue weighted by Crippen LogP contribution is -2.38. The highest BCUT2D eigenvalue weighted by Gasteiger charge is 2.24. The Bertz CT molecular complexity index is 441. The van der Waals surface area contributed by atoms with Crippen molar-refractivity contribution in [3.63, 3.8) is 0 Å². The predicted octanol–water partition coefficient (Wildman–Crippen LogP) is 3.58. The van der Waals surface area contributed by atoms with Gasteiger partial charge in [0.05, 0.1) is 20.4 Å². The van der Waals surface area contributed by atoms with Crippen LogP contribution in [-0.2, 0) is 24.5 Å². The summed E-state index contributed by atoms with van der Waals surface area (Å²) in [7, 11) is -1.31. The van der Waals surface area contributed by atoms with Crippen molar-refractivity contribution in [2.24, 2.45) is 5.92 Å². The molecule has 1 unspecified atom stereocenters. The van der Waals surface area contributed by atoms with Crippen LogP contribution in [0.15, 0.2) is 4.60 Å². The van der Waals surface area contributed by atoms with Gasteiger partial charge in [-0.05, 0) is 28.8 Å². The zero-order valence-electron chi connectivity index (χ0n) is 13.4. The quantitative estimate of drug-likeness (QED) is 0.754. The summed E-state index contributed by atoms with van der Waals surface area (Å²) >= 11 is 3.43. The van der Waals surface area contributed by atoms with Crippen molar-refractivity contribution in [2.45, 2.75) is 65.9 Å². The standard InChI is InChI=1S/C14H27BrN2O2Si/c1-10(2)7-13-16-14(15)12(8-18)17(13)9-19-11(3)20(4,5)6/h10-11,18H,7-9H2,1-6H3. The fraction of sp³-hybridized carbons (Fsp3) is 0.786. The first kappa shape index (κ1) is 17.9. The van der Waals surface area contributed by atoms with Crippen LogP contribution >= 0.6 is 15.9 Å². The molecular weight excluding hydrogens is 336 g/mol. The van der Waals surface area contributed by atoms with E-state index in [2.05, 4.69) is 61.3 Å². The lowest BCUT2D eigenvalue weighted by molar-refractivity contribution is 0.0506. The van der Waals surface area contributed by atoms with Crippen LogP contribution in [0.2, 0.25) is 19.6 Å². The van der Waals surface area contributed by atoms with Crippen LogP contribution in [0.4, 0.5) is 0 Å². The van der Waals surface area contributed by atoms with Crippen LogP contribution in [0.5, 0.6) is 0 Å². The van der Waals surface area contributed by atoms with E-state index in [1.807, 2.05) is 4.57 Å². The molecule has 4 nitrogen and oxygen atoms in total. The molecule has 0 fully saturated rings. The molecule has 1 aromatic heterocycles. The average molecular weight is 363 g/mol. The average Bonchev–Trinajstić information content (AvgIpc) is 2.59. The number of ether oxygens (including phenoxy) is 1. The molecule has 6 heteroatoms. The molecule has 0 aliphatic heterocycles. The Morgan fingerprint density at radius 2 is 1.90 bits per heavy atom. The highest BCUT2D eigenvalue weighted by molar-refractivity contribution is 9.10. The highest BCUT2D eigenvalue weighted by Crippen LogP contribution is 2.21. The van der Waals surface area contributed by atoms with Crippen molar-refractivity contribution in [3.05, 3.63) is 16.1 Å². The predicted molar refractivity (Wildman–Crippen MR) is 88.3 cm³/mol. The number of aliphatic hydroxyl groups excluding tert-OH is 1. The molecule has 1 heterocycles. The zero-order valence-corrected chi connectivity index (χ0v) is 16.0. The third-order valence-corrected chi connectivity index (χ3v) is 6.76. The van der Waals surface area contributed by atoms with Crippen molar-refractivity contribution >= 4 is 24.0 Å². The van der Waals surface area contributed by atoms with Crippen molar-refractivity contribution in [2.75, 3.05) is 0 Å². The number of nitrogens with zero attached hydrogens (tertiary/aromatic N) is 2. The molecule has 0 aromatic carbocycles. The van der Waals surface area contributed by atoms with Crippen LogP contribution in [0.25, 0.3) is 0 Å². The van der Waals surface area contributed by atoms with E-state index in [0.717, 1.165) is 22.5 Å². The van der Waals surface area contributed by atoms with E-state index >= 15 is 0 Å². The minimum absolute atomic E-state index is 0.0314. The van der Waals surface area contributed by atoms with Crippen LogP contribution in [0.1, 0.15) is 32.3 Å². The molecule has 1 N–H and O–H groups in total. The monoisotopic (exact) mass is 362 g/mol. The van der Waals surface area contributed by atoms with E-state index in [0.29, 0.717) is 12.6 Å². The molecule has 0 saturated carbocycles. The maximum absolute atomic E-state index is 9.53. The fourth-order valence-electron chi connectivity index (χ4n) is 1.77. The molecule has 0 saturated heterocycles. The third-order valence-electron chi connectivity index (χ3n) is 3.52. The van der Waals surface area contributed by atoms with E-state index < -0.39 is 8.07 Å². The van der Waals surface area contributed by atoms with Gasteiger partial charge in [0, 0.05) is 12.1 Å². The first-order valence-electron chi connectivity index (χ1n) is 7.13. The van der Waals surface area contributed by atoms with E-state index in [-0.39, 0.29) is 12.3 Å². The van der Waals surface area contributed by atoms with Gasteiger partial charge in [0.2, 0.25) is 0 Å². The summed E-state index contributed by atoms with van der Waals surface area (Å²) in [5.41, 5.74) is 1.06. The molecule has 1 atom stereocenters. The molecule has 1 rings (SSSR count). The minimum Gasteiger partial charge on any atom is -0.390 e.